The first-order chi connectivity index (χ1) is 20.2. The van der Waals surface area contributed by atoms with Crippen molar-refractivity contribution in [1.82, 2.24) is 14.8 Å². The summed E-state index contributed by atoms with van der Waals surface area (Å²) in [7, 11) is -8.77. The predicted octanol–water partition coefficient (Wildman–Crippen LogP) is 6.38. The number of anilines is 1. The first kappa shape index (κ1) is 29.5. The van der Waals surface area contributed by atoms with E-state index in [1.165, 1.54) is 65.5 Å². The number of aryl methyl sites for hydroxylation is 1. The van der Waals surface area contributed by atoms with E-state index in [1.807, 2.05) is 0 Å². The molecule has 2 heterocycles. The third kappa shape index (κ3) is 6.00. The summed E-state index contributed by atoms with van der Waals surface area (Å²) in [5.74, 6) is -0.745. The van der Waals surface area contributed by atoms with Gasteiger partial charge in [-0.2, -0.15) is 18.6 Å². The molecule has 222 valence electrons. The summed E-state index contributed by atoms with van der Waals surface area (Å²) in [6, 6.07) is 12.1. The van der Waals surface area contributed by atoms with Crippen LogP contribution in [0.15, 0.2) is 97.2 Å². The van der Waals surface area contributed by atoms with Gasteiger partial charge in [-0.1, -0.05) is 0 Å². The Morgan fingerprint density at radius 3 is 2.21 bits per heavy atom. The maximum atomic E-state index is 11.3. The number of rotatable bonds is 7. The molecule has 3 aromatic carbocycles. The number of azo groups is 2. The van der Waals surface area contributed by atoms with Gasteiger partial charge in [0.25, 0.3) is 10.1 Å². The molecule has 0 fully saturated rings. The number of phenols is 1. The molecule has 0 aliphatic carbocycles. The molecule has 0 aliphatic rings. The first-order valence-electron chi connectivity index (χ1n) is 11.9. The summed E-state index contributed by atoms with van der Waals surface area (Å²) in [5.41, 5.74) is 7.04. The second kappa shape index (κ2) is 11.0. The lowest BCUT2D eigenvalue weighted by Gasteiger charge is -2.22. The van der Waals surface area contributed by atoms with E-state index in [9.17, 15) is 36.8 Å². The molecule has 8 N–H and O–H groups in total. The lowest BCUT2D eigenvalue weighted by molar-refractivity contribution is 0.375. The van der Waals surface area contributed by atoms with Gasteiger partial charge >= 0.3 is 0 Å². The number of aromatic hydroxyl groups is 2. The van der Waals surface area contributed by atoms with E-state index in [-0.39, 0.29) is 44.3 Å². The van der Waals surface area contributed by atoms with Crippen molar-refractivity contribution in [3.05, 3.63) is 72.7 Å². The van der Waals surface area contributed by atoms with E-state index in [2.05, 4.69) is 30.5 Å². The van der Waals surface area contributed by atoms with Crippen molar-refractivity contribution < 1.29 is 36.8 Å². The Hall–Kier alpha value is -4.98. The minimum absolute atomic E-state index is 0.0152. The second-order valence-corrected chi connectivity index (χ2v) is 11.9. The van der Waals surface area contributed by atoms with Crippen LogP contribution in [0.4, 0.5) is 28.6 Å². The zero-order valence-corrected chi connectivity index (χ0v) is 23.5. The lowest BCUT2D eigenvalue weighted by atomic mass is 10.1. The quantitative estimate of drug-likeness (QED) is 0.0769. The maximum Gasteiger partial charge on any atom is 0.294 e. The molecule has 0 saturated heterocycles. The number of nitrogens with two attached hydrogens (primary N) is 1. The fourth-order valence-corrected chi connectivity index (χ4v) is 5.16. The van der Waals surface area contributed by atoms with Crippen molar-refractivity contribution in [3.63, 3.8) is 0 Å². The molecule has 0 unspecified atom stereocenters. The van der Waals surface area contributed by atoms with Gasteiger partial charge in [0.2, 0.25) is 0 Å². The second-order valence-electron chi connectivity index (χ2n) is 8.96. The van der Waals surface area contributed by atoms with Crippen LogP contribution in [0, 0.1) is 6.92 Å². The van der Waals surface area contributed by atoms with Crippen LogP contribution in [0.25, 0.3) is 16.5 Å². The number of hydrogen-bond donors (Lipinski definition) is 7. The molecular weight excluding hydrogens is 604 g/mol. The first-order valence-corrected chi connectivity index (χ1v) is 14.9. The Labute approximate surface area is 244 Å². The van der Waals surface area contributed by atoms with Gasteiger partial charge in [-0.05, 0) is 66.9 Å². The van der Waals surface area contributed by atoms with Crippen LogP contribution in [0.5, 0.6) is 11.5 Å². The van der Waals surface area contributed by atoms with Gasteiger partial charge in [0.05, 0.1) is 33.1 Å². The molecule has 5 rings (SSSR count). The van der Waals surface area contributed by atoms with Gasteiger partial charge in [0.15, 0.2) is 23.0 Å². The van der Waals surface area contributed by atoms with Gasteiger partial charge in [-0.15, -0.1) is 15.3 Å². The van der Waals surface area contributed by atoms with Crippen LogP contribution in [0.3, 0.4) is 0 Å². The summed E-state index contributed by atoms with van der Waals surface area (Å²) in [4.78, 5) is 2.90. The highest BCUT2D eigenvalue weighted by atomic mass is 32.3. The topological polar surface area (TPSA) is 262 Å². The summed E-state index contributed by atoms with van der Waals surface area (Å²) in [6.07, 6.45) is 2.46. The molecule has 0 amide bonds. The lowest BCUT2D eigenvalue weighted by Crippen LogP contribution is -2.03. The van der Waals surface area contributed by atoms with Crippen LogP contribution in [0.1, 0.15) is 5.69 Å². The Morgan fingerprint density at radius 2 is 1.56 bits per heavy atom. The van der Waals surface area contributed by atoms with Crippen molar-refractivity contribution >= 4 is 60.3 Å². The standard InChI is InChI=1S/C25H22N8O8S2/c1-13-22(25(26)33(32-13)16-3-5-17(6-4-16)42(36,37)38)30-28-15-2-7-18-14(10-15)11-21(43(39,40)41)23(24(18)35)31-29-19-8-9-27-12-20(19)34/h2-12,34-35,39-41H,26H2,1H3,(H,36,37,38). The minimum Gasteiger partial charge on any atom is -0.505 e. The Bertz CT molecular complexity index is 2040. The van der Waals surface area contributed by atoms with Crippen LogP contribution in [0.2, 0.25) is 0 Å². The maximum absolute atomic E-state index is 11.3. The molecular formula is C25H22N8O8S2. The molecule has 0 aliphatic heterocycles. The van der Waals surface area contributed by atoms with Crippen LogP contribution in [-0.2, 0) is 10.1 Å². The zero-order valence-electron chi connectivity index (χ0n) is 21.9. The number of fused-ring (bicyclic) bond motifs is 1. The SMILES string of the molecule is Cc1nn(-c2ccc(S(=O)(=O)O)cc2)c(N)c1N=Nc1ccc2c(O)c(N=Nc3ccncc3O)c(S(O)(O)O)cc2c1. The van der Waals surface area contributed by atoms with E-state index >= 15 is 0 Å². The average Bonchev–Trinajstić information content (AvgIpc) is 3.23. The van der Waals surface area contributed by atoms with Gasteiger partial charge in [-0.3, -0.25) is 9.54 Å². The number of aromatic nitrogens is 3. The van der Waals surface area contributed by atoms with Crippen molar-refractivity contribution in [2.45, 2.75) is 16.7 Å². The molecule has 2 aromatic heterocycles. The fourth-order valence-electron chi connectivity index (χ4n) is 4.00. The molecule has 43 heavy (non-hydrogen) atoms. The van der Waals surface area contributed by atoms with E-state index in [1.54, 1.807) is 6.92 Å². The van der Waals surface area contributed by atoms with Gasteiger partial charge in [0, 0.05) is 11.6 Å². The van der Waals surface area contributed by atoms with E-state index < -0.39 is 37.3 Å². The molecule has 18 heteroatoms. The van der Waals surface area contributed by atoms with Gasteiger partial charge in [0.1, 0.15) is 22.2 Å². The molecule has 0 spiro atoms. The van der Waals surface area contributed by atoms with Crippen molar-refractivity contribution in [1.29, 1.82) is 0 Å². The van der Waals surface area contributed by atoms with Crippen LogP contribution < -0.4 is 5.73 Å². The van der Waals surface area contributed by atoms with Crippen LogP contribution in [-0.4, -0.2) is 51.6 Å². The summed E-state index contributed by atoms with van der Waals surface area (Å²) in [5, 5.41) is 41.5. The monoisotopic (exact) mass is 626 g/mol. The Morgan fingerprint density at radius 1 is 0.860 bits per heavy atom. The minimum atomic E-state index is -4.39. The normalized spacial score (nSPS) is 13.0. The summed E-state index contributed by atoms with van der Waals surface area (Å²) < 4.78 is 63.3. The number of nitrogen functional groups attached to an aromatic ring is 1. The van der Waals surface area contributed by atoms with Crippen molar-refractivity contribution in [2.24, 2.45) is 20.5 Å². The summed E-state index contributed by atoms with van der Waals surface area (Å²) >= 11 is 0. The van der Waals surface area contributed by atoms with Gasteiger partial charge in [-0.25, -0.2) is 4.68 Å². The highest BCUT2D eigenvalue weighted by Crippen LogP contribution is 2.54. The number of phenolic OH excluding ortho intramolecular Hbond substituents is 1. The summed E-state index contributed by atoms with van der Waals surface area (Å²) in [6.45, 7) is 1.63. The molecule has 0 atom stereocenters. The van der Waals surface area contributed by atoms with Crippen molar-refractivity contribution in [2.75, 3.05) is 5.73 Å². The third-order valence-electron chi connectivity index (χ3n) is 6.07. The smallest absolute Gasteiger partial charge is 0.294 e. The van der Waals surface area contributed by atoms with Crippen LogP contribution >= 0.6 is 10.9 Å². The number of nitrogens with zero attached hydrogens (tertiary/aromatic N) is 7. The molecule has 0 saturated carbocycles. The fraction of sp³-hybridized carbons (Fsp3) is 0.0400. The third-order valence-corrected chi connectivity index (χ3v) is 7.84. The van der Waals surface area contributed by atoms with E-state index in [4.69, 9.17) is 5.73 Å². The molecule has 0 radical (unpaired) electrons. The molecule has 16 nitrogen and oxygen atoms in total. The van der Waals surface area contributed by atoms with E-state index in [0.717, 1.165) is 6.20 Å². The highest BCUT2D eigenvalue weighted by Gasteiger charge is 2.25. The average molecular weight is 627 g/mol. The Kier molecular flexibility index (Phi) is 7.56. The van der Waals surface area contributed by atoms with Crippen molar-refractivity contribution in [3.8, 4) is 17.2 Å². The number of benzene rings is 3. The zero-order chi connectivity index (χ0) is 31.1. The molecule has 5 aromatic rings. The molecule has 0 bridgehead atoms. The highest BCUT2D eigenvalue weighted by molar-refractivity contribution is 8.19. The number of pyridine rings is 1. The largest absolute Gasteiger partial charge is 0.505 e. The van der Waals surface area contributed by atoms with Gasteiger partial charge < -0.3 is 29.6 Å². The predicted molar refractivity (Wildman–Crippen MR) is 156 cm³/mol. The number of hydrogen-bond acceptors (Lipinski definition) is 14. The Balaban J connectivity index is 1.50. The van der Waals surface area contributed by atoms with E-state index in [0.29, 0.717) is 11.4 Å².